The second-order valence-electron chi connectivity index (χ2n) is 15.1. The van der Waals surface area contributed by atoms with Gasteiger partial charge in [0.25, 0.3) is 0 Å². The lowest BCUT2D eigenvalue weighted by molar-refractivity contribution is 0.669. The van der Waals surface area contributed by atoms with Gasteiger partial charge in [0.2, 0.25) is 0 Å². The second kappa shape index (κ2) is 12.8. The summed E-state index contributed by atoms with van der Waals surface area (Å²) in [6, 6.07) is 73.4. The fourth-order valence-electron chi connectivity index (χ4n) is 9.66. The van der Waals surface area contributed by atoms with Crippen LogP contribution in [0.2, 0.25) is 0 Å². The standard InChI is InChI=1S/C53H35N3OSi/c1-3-13-38(14-4-1)58(39-15-5-2-6-16-39,40-27-23-36(24-28-40)55-49-21-11-8-18-43(49)47-35-54-32-31-50(47)55)41-29-25-37(26-30-41)56-48-20-10-7-17-42(48)45-34-53-46(33-51(45)56)44-19-9-12-22-52(44)57-53/h1-35H. The number of benzene rings is 8. The van der Waals surface area contributed by atoms with E-state index in [0.29, 0.717) is 0 Å². The first-order valence-electron chi connectivity index (χ1n) is 19.8. The van der Waals surface area contributed by atoms with Crippen molar-refractivity contribution < 1.29 is 4.42 Å². The molecule has 0 fully saturated rings. The first-order valence-corrected chi connectivity index (χ1v) is 21.8. The molecule has 0 N–H and O–H groups in total. The molecule has 0 atom stereocenters. The van der Waals surface area contributed by atoms with Crippen LogP contribution in [-0.4, -0.2) is 22.2 Å². The van der Waals surface area contributed by atoms with Gasteiger partial charge in [-0.1, -0.05) is 140 Å². The number of rotatable bonds is 6. The molecule has 4 heterocycles. The van der Waals surface area contributed by atoms with Crippen LogP contribution in [0.1, 0.15) is 0 Å². The summed E-state index contributed by atoms with van der Waals surface area (Å²) >= 11 is 0. The highest BCUT2D eigenvalue weighted by atomic mass is 28.3. The van der Waals surface area contributed by atoms with Crippen molar-refractivity contribution in [2.75, 3.05) is 0 Å². The van der Waals surface area contributed by atoms with Crippen LogP contribution in [0.15, 0.2) is 217 Å². The molecule has 0 saturated carbocycles. The summed E-state index contributed by atoms with van der Waals surface area (Å²) in [4.78, 5) is 4.48. The van der Waals surface area contributed by atoms with Crippen LogP contribution in [0.5, 0.6) is 0 Å². The Morgan fingerprint density at radius 1 is 0.345 bits per heavy atom. The van der Waals surface area contributed by atoms with Crippen LogP contribution in [-0.2, 0) is 0 Å². The van der Waals surface area contributed by atoms with E-state index in [1.807, 2.05) is 18.5 Å². The highest BCUT2D eigenvalue weighted by molar-refractivity contribution is 7.19. The molecule has 0 radical (unpaired) electrons. The van der Waals surface area contributed by atoms with Crippen molar-refractivity contribution >= 4 is 94.4 Å². The van der Waals surface area contributed by atoms with Gasteiger partial charge in [-0.3, -0.25) is 4.98 Å². The number of hydrogen-bond donors (Lipinski definition) is 0. The molecule has 0 aliphatic heterocycles. The second-order valence-corrected chi connectivity index (χ2v) is 18.9. The Hall–Kier alpha value is -7.47. The Morgan fingerprint density at radius 2 is 0.828 bits per heavy atom. The maximum absolute atomic E-state index is 6.36. The lowest BCUT2D eigenvalue weighted by Crippen LogP contribution is -2.74. The molecule has 12 rings (SSSR count). The molecule has 0 aliphatic rings. The zero-order chi connectivity index (χ0) is 38.2. The van der Waals surface area contributed by atoms with E-state index in [0.717, 1.165) is 44.2 Å². The summed E-state index contributed by atoms with van der Waals surface area (Å²) in [5.41, 5.74) is 8.75. The molecule has 8 aromatic carbocycles. The fraction of sp³-hybridized carbons (Fsp3) is 0. The first-order chi connectivity index (χ1) is 28.8. The van der Waals surface area contributed by atoms with E-state index in [2.05, 4.69) is 208 Å². The average molecular weight is 758 g/mol. The van der Waals surface area contributed by atoms with Gasteiger partial charge in [0.15, 0.2) is 8.07 Å². The summed E-state index contributed by atoms with van der Waals surface area (Å²) in [7, 11) is -2.83. The lowest BCUT2D eigenvalue weighted by atomic mass is 10.1. The number of para-hydroxylation sites is 3. The van der Waals surface area contributed by atoms with Crippen LogP contribution in [0, 0.1) is 0 Å². The van der Waals surface area contributed by atoms with Crippen molar-refractivity contribution in [2.24, 2.45) is 0 Å². The van der Waals surface area contributed by atoms with Gasteiger partial charge in [-0.25, -0.2) is 0 Å². The predicted octanol–water partition coefficient (Wildman–Crippen LogP) is 10.6. The number of furan rings is 1. The van der Waals surface area contributed by atoms with Crippen molar-refractivity contribution in [3.63, 3.8) is 0 Å². The first kappa shape index (κ1) is 32.7. The molecule has 4 aromatic heterocycles. The molecular formula is C53H35N3OSi. The largest absolute Gasteiger partial charge is 0.456 e. The molecule has 4 nitrogen and oxygen atoms in total. The highest BCUT2D eigenvalue weighted by Gasteiger charge is 2.41. The SMILES string of the molecule is c1ccc([Si](c2ccccc2)(c2ccc(-n3c4ccccc4c4cnccc43)cc2)c2ccc(-n3c4ccccc4c4cc5oc6ccccc6c5cc43)cc2)cc1. The molecule has 272 valence electrons. The molecule has 12 aromatic rings. The summed E-state index contributed by atoms with van der Waals surface area (Å²) < 4.78 is 11.1. The predicted molar refractivity (Wildman–Crippen MR) is 244 cm³/mol. The zero-order valence-electron chi connectivity index (χ0n) is 31.5. The van der Waals surface area contributed by atoms with Crippen LogP contribution in [0.3, 0.4) is 0 Å². The molecule has 58 heavy (non-hydrogen) atoms. The average Bonchev–Trinajstić information content (AvgIpc) is 3.94. The van der Waals surface area contributed by atoms with Crippen LogP contribution in [0.25, 0.3) is 76.9 Å². The van der Waals surface area contributed by atoms with E-state index >= 15 is 0 Å². The normalized spacial score (nSPS) is 12.1. The van der Waals surface area contributed by atoms with Crippen LogP contribution >= 0.6 is 0 Å². The van der Waals surface area contributed by atoms with Crippen molar-refractivity contribution in [1.82, 2.24) is 14.1 Å². The minimum Gasteiger partial charge on any atom is -0.456 e. The maximum atomic E-state index is 6.36. The molecule has 0 amide bonds. The van der Waals surface area contributed by atoms with E-state index < -0.39 is 8.07 Å². The Labute approximate surface area is 335 Å². The third-order valence-corrected chi connectivity index (χ3v) is 17.0. The van der Waals surface area contributed by atoms with Crippen molar-refractivity contribution in [2.45, 2.75) is 0 Å². The number of pyridine rings is 1. The summed E-state index contributed by atoms with van der Waals surface area (Å²) in [5.74, 6) is 0. The smallest absolute Gasteiger partial charge is 0.179 e. The molecule has 0 spiro atoms. The van der Waals surface area contributed by atoms with Crippen LogP contribution in [0.4, 0.5) is 0 Å². The quantitative estimate of drug-likeness (QED) is 0.125. The lowest BCUT2D eigenvalue weighted by Gasteiger charge is -2.34. The van der Waals surface area contributed by atoms with E-state index in [9.17, 15) is 0 Å². The van der Waals surface area contributed by atoms with E-state index in [1.54, 1.807) is 0 Å². The highest BCUT2D eigenvalue weighted by Crippen LogP contribution is 2.38. The van der Waals surface area contributed by atoms with E-state index in [-0.39, 0.29) is 0 Å². The molecule has 0 aliphatic carbocycles. The van der Waals surface area contributed by atoms with Crippen molar-refractivity contribution in [3.05, 3.63) is 213 Å². The Kier molecular flexibility index (Phi) is 7.21. The Balaban J connectivity index is 1.07. The monoisotopic (exact) mass is 757 g/mol. The van der Waals surface area contributed by atoms with Gasteiger partial charge in [0.1, 0.15) is 11.2 Å². The third kappa shape index (κ3) is 4.71. The molecule has 5 heteroatoms. The fourth-order valence-corrected chi connectivity index (χ4v) is 14.4. The zero-order valence-corrected chi connectivity index (χ0v) is 32.5. The maximum Gasteiger partial charge on any atom is 0.179 e. The summed E-state index contributed by atoms with van der Waals surface area (Å²) in [6.07, 6.45) is 3.87. The van der Waals surface area contributed by atoms with Gasteiger partial charge in [-0.15, -0.1) is 0 Å². The van der Waals surface area contributed by atoms with Gasteiger partial charge < -0.3 is 13.6 Å². The minimum atomic E-state index is -2.83. The van der Waals surface area contributed by atoms with Crippen LogP contribution < -0.4 is 20.7 Å². The van der Waals surface area contributed by atoms with Gasteiger partial charge in [0.05, 0.1) is 22.1 Å². The number of nitrogens with zero attached hydrogens (tertiary/aromatic N) is 3. The molecule has 0 unspecified atom stereocenters. The Morgan fingerprint density at radius 3 is 1.45 bits per heavy atom. The van der Waals surface area contributed by atoms with E-state index in [1.165, 1.54) is 53.5 Å². The topological polar surface area (TPSA) is 35.9 Å². The summed E-state index contributed by atoms with van der Waals surface area (Å²) in [5, 5.41) is 12.4. The summed E-state index contributed by atoms with van der Waals surface area (Å²) in [6.45, 7) is 0. The van der Waals surface area contributed by atoms with Gasteiger partial charge in [-0.2, -0.15) is 0 Å². The van der Waals surface area contributed by atoms with E-state index in [4.69, 9.17) is 4.42 Å². The Bertz CT molecular complexity index is 3400. The van der Waals surface area contributed by atoms with Gasteiger partial charge >= 0.3 is 0 Å². The van der Waals surface area contributed by atoms with Gasteiger partial charge in [0, 0.05) is 56.1 Å². The van der Waals surface area contributed by atoms with Crippen molar-refractivity contribution in [1.29, 1.82) is 0 Å². The third-order valence-electron chi connectivity index (χ3n) is 12.2. The number of hydrogen-bond acceptors (Lipinski definition) is 2. The molecule has 0 bridgehead atoms. The minimum absolute atomic E-state index is 0.911. The van der Waals surface area contributed by atoms with Gasteiger partial charge in [-0.05, 0) is 81.4 Å². The molecule has 0 saturated heterocycles. The van der Waals surface area contributed by atoms with Crippen molar-refractivity contribution in [3.8, 4) is 11.4 Å². The number of aromatic nitrogens is 3. The molecular weight excluding hydrogens is 723 g/mol. The number of fused-ring (bicyclic) bond motifs is 9.